The lowest BCUT2D eigenvalue weighted by atomic mass is 9.96. The van der Waals surface area contributed by atoms with Crippen molar-refractivity contribution in [3.8, 4) is 0 Å². The van der Waals surface area contributed by atoms with Crippen LogP contribution in [0.25, 0.3) is 0 Å². The fourth-order valence-electron chi connectivity index (χ4n) is 2.79. The molecule has 23 heavy (non-hydrogen) atoms. The first-order valence-electron chi connectivity index (χ1n) is 8.07. The van der Waals surface area contributed by atoms with Gasteiger partial charge in [-0.1, -0.05) is 36.8 Å². The molecule has 1 saturated heterocycles. The number of hydrogen-bond donors (Lipinski definition) is 1. The Bertz CT molecular complexity index is 576. The van der Waals surface area contributed by atoms with Crippen LogP contribution in [0.3, 0.4) is 0 Å². The number of hydrogen-bond acceptors (Lipinski definition) is 4. The minimum Gasteiger partial charge on any atom is -0.466 e. The highest BCUT2D eigenvalue weighted by Gasteiger charge is 2.44. The molecule has 1 heterocycles. The lowest BCUT2D eigenvalue weighted by Crippen LogP contribution is -2.20. The topological polar surface area (TPSA) is 59.1 Å². The van der Waals surface area contributed by atoms with E-state index in [0.29, 0.717) is 0 Å². The minimum absolute atomic E-state index is 0.152. The van der Waals surface area contributed by atoms with Gasteiger partial charge in [0.25, 0.3) is 0 Å². The van der Waals surface area contributed by atoms with Crippen LogP contribution in [0, 0.1) is 5.92 Å². The van der Waals surface area contributed by atoms with Gasteiger partial charge in [0, 0.05) is 18.4 Å². The highest BCUT2D eigenvalue weighted by atomic mass is 16.6. The van der Waals surface area contributed by atoms with E-state index in [1.165, 1.54) is 24.3 Å². The maximum absolute atomic E-state index is 11.3. The molecule has 0 saturated carbocycles. The first-order valence-corrected chi connectivity index (χ1v) is 8.07. The summed E-state index contributed by atoms with van der Waals surface area (Å²) in [6, 6.07) is 8.34. The number of benzene rings is 1. The second kappa shape index (κ2) is 7.75. The molecule has 0 aromatic heterocycles. The molecule has 1 N–H and O–H groups in total. The number of aliphatic hydroxyl groups is 1. The summed E-state index contributed by atoms with van der Waals surface area (Å²) < 4.78 is 10.3. The molecule has 0 radical (unpaired) electrons. The summed E-state index contributed by atoms with van der Waals surface area (Å²) in [5.41, 5.74) is 3.36. The Morgan fingerprint density at radius 1 is 1.39 bits per heavy atom. The molecule has 0 bridgehead atoms. The average Bonchev–Trinajstić information content (AvgIpc) is 3.25. The van der Waals surface area contributed by atoms with Gasteiger partial charge in [0.2, 0.25) is 0 Å². The van der Waals surface area contributed by atoms with E-state index in [-0.39, 0.29) is 30.2 Å². The largest absolute Gasteiger partial charge is 0.466 e. The molecule has 4 nitrogen and oxygen atoms in total. The molecule has 1 aliphatic rings. The van der Waals surface area contributed by atoms with E-state index in [1.54, 1.807) is 6.92 Å². The van der Waals surface area contributed by atoms with Crippen molar-refractivity contribution in [1.82, 2.24) is 0 Å². The average molecular weight is 318 g/mol. The van der Waals surface area contributed by atoms with Crippen molar-refractivity contribution in [2.45, 2.75) is 51.9 Å². The van der Waals surface area contributed by atoms with Crippen LogP contribution in [0.2, 0.25) is 0 Å². The number of carbonyl (C=O) groups is 1. The lowest BCUT2D eigenvalue weighted by molar-refractivity contribution is -0.134. The Hall–Kier alpha value is -1.65. The molecular weight excluding hydrogens is 292 g/mol. The van der Waals surface area contributed by atoms with Crippen LogP contribution in [0.15, 0.2) is 35.9 Å². The molecule has 1 aromatic rings. The monoisotopic (exact) mass is 318 g/mol. The first kappa shape index (κ1) is 17.7. The van der Waals surface area contributed by atoms with Gasteiger partial charge in [-0.05, 0) is 31.4 Å². The van der Waals surface area contributed by atoms with Gasteiger partial charge < -0.3 is 14.6 Å². The van der Waals surface area contributed by atoms with Crippen LogP contribution in [0.1, 0.15) is 31.9 Å². The molecule has 1 fully saturated rings. The van der Waals surface area contributed by atoms with Gasteiger partial charge in [-0.2, -0.15) is 0 Å². The van der Waals surface area contributed by atoms with Crippen LogP contribution in [-0.4, -0.2) is 36.5 Å². The predicted octanol–water partition coefficient (Wildman–Crippen LogP) is 2.68. The molecule has 0 amide bonds. The number of epoxide rings is 1. The molecular formula is C19H26O4. The fourth-order valence-corrected chi connectivity index (χ4v) is 2.79. The second-order valence-electron chi connectivity index (χ2n) is 6.45. The van der Waals surface area contributed by atoms with E-state index in [9.17, 15) is 9.90 Å². The minimum atomic E-state index is -0.345. The third-order valence-electron chi connectivity index (χ3n) is 4.38. The Labute approximate surface area is 138 Å². The number of esters is 1. The zero-order valence-electron chi connectivity index (χ0n) is 14.3. The van der Waals surface area contributed by atoms with Crippen LogP contribution >= 0.6 is 0 Å². The van der Waals surface area contributed by atoms with Gasteiger partial charge in [0.1, 0.15) is 0 Å². The molecule has 1 aromatic carbocycles. The predicted molar refractivity (Wildman–Crippen MR) is 89.1 cm³/mol. The standard InChI is InChI=1S/C19H26O4/c1-12(9-18(21)22-4)8-15-6-5-7-16(10-15)11-17-19(23-17)13(2)14(3)20/h5-7,9-10,13-14,17,19-20H,8,11H2,1-4H3/b12-9+/t13-,14-,17-,19-/m0/s1. The summed E-state index contributed by atoms with van der Waals surface area (Å²) in [6.45, 7) is 5.75. The smallest absolute Gasteiger partial charge is 0.330 e. The Morgan fingerprint density at radius 2 is 2.09 bits per heavy atom. The number of ether oxygens (including phenoxy) is 2. The van der Waals surface area contributed by atoms with Crippen LogP contribution < -0.4 is 0 Å². The van der Waals surface area contributed by atoms with Crippen LogP contribution in [0.4, 0.5) is 0 Å². The van der Waals surface area contributed by atoms with Gasteiger partial charge in [-0.15, -0.1) is 0 Å². The number of carbonyl (C=O) groups excluding carboxylic acids is 1. The highest BCUT2D eigenvalue weighted by molar-refractivity contribution is 5.82. The maximum Gasteiger partial charge on any atom is 0.330 e. The second-order valence-corrected chi connectivity index (χ2v) is 6.45. The number of methoxy groups -OCH3 is 1. The van der Waals surface area contributed by atoms with Gasteiger partial charge in [-0.25, -0.2) is 4.79 Å². The molecule has 0 aliphatic carbocycles. The Balaban J connectivity index is 1.93. The van der Waals surface area contributed by atoms with Crippen molar-refractivity contribution in [2.24, 2.45) is 5.92 Å². The van der Waals surface area contributed by atoms with Gasteiger partial charge in [-0.3, -0.25) is 0 Å². The third-order valence-corrected chi connectivity index (χ3v) is 4.38. The van der Waals surface area contributed by atoms with Crippen molar-refractivity contribution in [3.05, 3.63) is 47.0 Å². The Morgan fingerprint density at radius 3 is 2.74 bits per heavy atom. The molecule has 2 rings (SSSR count). The van der Waals surface area contributed by atoms with Crippen molar-refractivity contribution in [3.63, 3.8) is 0 Å². The molecule has 0 unspecified atom stereocenters. The Kier molecular flexibility index (Phi) is 5.97. The molecule has 4 heteroatoms. The number of allylic oxidation sites excluding steroid dienone is 1. The zero-order chi connectivity index (χ0) is 17.0. The van der Waals surface area contributed by atoms with Crippen molar-refractivity contribution in [1.29, 1.82) is 0 Å². The summed E-state index contributed by atoms with van der Waals surface area (Å²) >= 11 is 0. The van der Waals surface area contributed by atoms with Gasteiger partial charge in [0.05, 0.1) is 25.4 Å². The fraction of sp³-hybridized carbons (Fsp3) is 0.526. The van der Waals surface area contributed by atoms with Crippen LogP contribution in [-0.2, 0) is 27.1 Å². The van der Waals surface area contributed by atoms with Crippen molar-refractivity contribution >= 4 is 5.97 Å². The van der Waals surface area contributed by atoms with Gasteiger partial charge >= 0.3 is 5.97 Å². The third kappa shape index (κ3) is 5.19. The highest BCUT2D eigenvalue weighted by Crippen LogP contribution is 2.34. The summed E-state index contributed by atoms with van der Waals surface area (Å²) in [4.78, 5) is 11.3. The SMILES string of the molecule is COC(=O)/C=C(\C)Cc1cccc(C[C@@H]2O[C@H]2[C@@H](C)[C@H](C)O)c1. The van der Waals surface area contributed by atoms with Crippen molar-refractivity contribution < 1.29 is 19.4 Å². The number of rotatable bonds is 7. The maximum atomic E-state index is 11.3. The van der Waals surface area contributed by atoms with E-state index in [1.807, 2.05) is 19.9 Å². The molecule has 1 aliphatic heterocycles. The summed E-state index contributed by atoms with van der Waals surface area (Å²) in [7, 11) is 1.38. The van der Waals surface area contributed by atoms with E-state index >= 15 is 0 Å². The quantitative estimate of drug-likeness (QED) is 0.477. The summed E-state index contributed by atoms with van der Waals surface area (Å²) in [5, 5.41) is 9.63. The molecule has 4 atom stereocenters. The first-order chi connectivity index (χ1) is 10.9. The molecule has 126 valence electrons. The van der Waals surface area contributed by atoms with E-state index < -0.39 is 0 Å². The van der Waals surface area contributed by atoms with E-state index in [0.717, 1.165) is 18.4 Å². The van der Waals surface area contributed by atoms with E-state index in [2.05, 4.69) is 22.9 Å². The van der Waals surface area contributed by atoms with Gasteiger partial charge in [0.15, 0.2) is 0 Å². The van der Waals surface area contributed by atoms with Crippen molar-refractivity contribution in [2.75, 3.05) is 7.11 Å². The normalized spacial score (nSPS) is 23.3. The van der Waals surface area contributed by atoms with Crippen LogP contribution in [0.5, 0.6) is 0 Å². The lowest BCUT2D eigenvalue weighted by Gasteiger charge is -2.11. The molecule has 0 spiro atoms. The zero-order valence-corrected chi connectivity index (χ0v) is 14.3. The number of aliphatic hydroxyl groups excluding tert-OH is 1. The summed E-state index contributed by atoms with van der Waals surface area (Å²) in [6.07, 6.45) is 3.11. The summed E-state index contributed by atoms with van der Waals surface area (Å²) in [5.74, 6) is -0.159. The van der Waals surface area contributed by atoms with E-state index in [4.69, 9.17) is 4.74 Å².